The standard InChI is InChI=1S/C18H19ClN2O3S/c1-20(2)25(23,24)15-7-8-17-14(11-15)9-10-21(17)18(22)12-13-5-3-4-6-16(13)19/h3-8,11H,9-10,12H2,1-2H3. The predicted molar refractivity (Wildman–Crippen MR) is 98.5 cm³/mol. The minimum absolute atomic E-state index is 0.0462. The molecule has 5 nitrogen and oxygen atoms in total. The van der Waals surface area contributed by atoms with Gasteiger partial charge in [0, 0.05) is 31.4 Å². The Hall–Kier alpha value is -1.89. The molecule has 2 aromatic carbocycles. The second-order valence-corrected chi connectivity index (χ2v) is 8.70. The molecule has 0 spiro atoms. The van der Waals surface area contributed by atoms with Crippen LogP contribution in [0.4, 0.5) is 5.69 Å². The van der Waals surface area contributed by atoms with E-state index in [0.717, 1.165) is 16.8 Å². The number of halogens is 1. The fourth-order valence-electron chi connectivity index (χ4n) is 2.91. The van der Waals surface area contributed by atoms with E-state index in [0.29, 0.717) is 18.0 Å². The monoisotopic (exact) mass is 378 g/mol. The number of amides is 1. The Kier molecular flexibility index (Phi) is 4.86. The highest BCUT2D eigenvalue weighted by Crippen LogP contribution is 2.31. The lowest BCUT2D eigenvalue weighted by molar-refractivity contribution is -0.117. The summed E-state index contributed by atoms with van der Waals surface area (Å²) in [5, 5.41) is 0.572. The van der Waals surface area contributed by atoms with Crippen molar-refractivity contribution in [2.24, 2.45) is 0 Å². The molecule has 1 amide bonds. The van der Waals surface area contributed by atoms with Gasteiger partial charge in [-0.3, -0.25) is 4.79 Å². The van der Waals surface area contributed by atoms with Crippen LogP contribution in [-0.4, -0.2) is 39.3 Å². The Balaban J connectivity index is 1.85. The summed E-state index contributed by atoms with van der Waals surface area (Å²) in [5.41, 5.74) is 2.43. The third kappa shape index (κ3) is 3.42. The van der Waals surface area contributed by atoms with E-state index in [1.807, 2.05) is 18.2 Å². The number of hydrogen-bond acceptors (Lipinski definition) is 3. The average molecular weight is 379 g/mol. The second kappa shape index (κ2) is 6.78. The van der Waals surface area contributed by atoms with Crippen LogP contribution in [0.5, 0.6) is 0 Å². The van der Waals surface area contributed by atoms with Gasteiger partial charge in [-0.2, -0.15) is 0 Å². The molecule has 0 bridgehead atoms. The van der Waals surface area contributed by atoms with Crippen molar-refractivity contribution in [2.45, 2.75) is 17.7 Å². The minimum atomic E-state index is -3.48. The van der Waals surface area contributed by atoms with E-state index in [9.17, 15) is 13.2 Å². The molecule has 0 fully saturated rings. The highest BCUT2D eigenvalue weighted by atomic mass is 35.5. The summed E-state index contributed by atoms with van der Waals surface area (Å²) in [6.45, 7) is 0.546. The third-order valence-corrected chi connectivity index (χ3v) is 6.51. The van der Waals surface area contributed by atoms with Crippen molar-refractivity contribution in [3.63, 3.8) is 0 Å². The van der Waals surface area contributed by atoms with Crippen LogP contribution >= 0.6 is 11.6 Å². The topological polar surface area (TPSA) is 57.7 Å². The van der Waals surface area contributed by atoms with Gasteiger partial charge >= 0.3 is 0 Å². The van der Waals surface area contributed by atoms with Gasteiger partial charge in [-0.25, -0.2) is 12.7 Å². The summed E-state index contributed by atoms with van der Waals surface area (Å²) in [5.74, 6) is -0.0462. The Bertz CT molecular complexity index is 926. The van der Waals surface area contributed by atoms with Gasteiger partial charge in [-0.1, -0.05) is 29.8 Å². The fourth-order valence-corrected chi connectivity index (χ4v) is 4.06. The van der Waals surface area contributed by atoms with E-state index in [-0.39, 0.29) is 17.2 Å². The number of carbonyl (C=O) groups is 1. The molecule has 1 aliphatic rings. The molecule has 132 valence electrons. The van der Waals surface area contributed by atoms with Gasteiger partial charge < -0.3 is 4.90 Å². The molecular weight excluding hydrogens is 360 g/mol. The Labute approximate surface area is 152 Å². The molecule has 0 unspecified atom stereocenters. The predicted octanol–water partition coefficient (Wildman–Crippen LogP) is 2.72. The molecule has 2 aromatic rings. The molecule has 25 heavy (non-hydrogen) atoms. The lowest BCUT2D eigenvalue weighted by Crippen LogP contribution is -2.30. The maximum absolute atomic E-state index is 12.7. The van der Waals surface area contributed by atoms with Crippen molar-refractivity contribution >= 4 is 33.2 Å². The van der Waals surface area contributed by atoms with Gasteiger partial charge in [-0.15, -0.1) is 0 Å². The summed E-state index contributed by atoms with van der Waals surface area (Å²) in [6, 6.07) is 12.2. The van der Waals surface area contributed by atoms with Gasteiger partial charge in [0.25, 0.3) is 0 Å². The number of carbonyl (C=O) groups excluding carboxylic acids is 1. The summed E-state index contributed by atoms with van der Waals surface area (Å²) >= 11 is 6.13. The molecule has 0 aliphatic carbocycles. The molecule has 1 aliphatic heterocycles. The van der Waals surface area contributed by atoms with Crippen LogP contribution < -0.4 is 4.90 Å². The van der Waals surface area contributed by atoms with Crippen molar-refractivity contribution in [1.29, 1.82) is 0 Å². The van der Waals surface area contributed by atoms with Gasteiger partial charge in [0.15, 0.2) is 0 Å². The first-order valence-corrected chi connectivity index (χ1v) is 9.72. The molecule has 0 saturated heterocycles. The maximum Gasteiger partial charge on any atom is 0.242 e. The van der Waals surface area contributed by atoms with E-state index in [2.05, 4.69) is 0 Å². The molecule has 0 radical (unpaired) electrons. The lowest BCUT2D eigenvalue weighted by Gasteiger charge is -2.18. The molecular formula is C18H19ClN2O3S. The quantitative estimate of drug-likeness (QED) is 0.821. The molecule has 7 heteroatoms. The summed E-state index contributed by atoms with van der Waals surface area (Å²) in [4.78, 5) is 14.6. The van der Waals surface area contributed by atoms with Gasteiger partial charge in [0.05, 0.1) is 11.3 Å². The van der Waals surface area contributed by atoms with Crippen LogP contribution in [0.2, 0.25) is 5.02 Å². The van der Waals surface area contributed by atoms with Crippen LogP contribution in [0.15, 0.2) is 47.4 Å². The molecule has 0 N–H and O–H groups in total. The van der Waals surface area contributed by atoms with Crippen LogP contribution in [-0.2, 0) is 27.7 Å². The number of sulfonamides is 1. The van der Waals surface area contributed by atoms with Crippen molar-refractivity contribution in [3.05, 3.63) is 58.6 Å². The smallest absolute Gasteiger partial charge is 0.242 e. The Morgan fingerprint density at radius 3 is 2.60 bits per heavy atom. The van der Waals surface area contributed by atoms with Crippen LogP contribution in [0.25, 0.3) is 0 Å². The largest absolute Gasteiger partial charge is 0.312 e. The van der Waals surface area contributed by atoms with Crippen molar-refractivity contribution in [1.82, 2.24) is 4.31 Å². The van der Waals surface area contributed by atoms with E-state index < -0.39 is 10.0 Å². The van der Waals surface area contributed by atoms with Crippen molar-refractivity contribution in [3.8, 4) is 0 Å². The van der Waals surface area contributed by atoms with Crippen molar-refractivity contribution in [2.75, 3.05) is 25.5 Å². The van der Waals surface area contributed by atoms with Crippen LogP contribution in [0.1, 0.15) is 11.1 Å². The number of benzene rings is 2. The summed E-state index contributed by atoms with van der Waals surface area (Å²) < 4.78 is 25.7. The van der Waals surface area contributed by atoms with Crippen molar-refractivity contribution < 1.29 is 13.2 Å². The van der Waals surface area contributed by atoms with Gasteiger partial charge in [0.1, 0.15) is 0 Å². The van der Waals surface area contributed by atoms with E-state index in [1.165, 1.54) is 18.4 Å². The summed E-state index contributed by atoms with van der Waals surface area (Å²) in [7, 11) is -0.474. The molecule has 3 rings (SSSR count). The first-order chi connectivity index (χ1) is 11.8. The highest BCUT2D eigenvalue weighted by molar-refractivity contribution is 7.89. The van der Waals surface area contributed by atoms with E-state index >= 15 is 0 Å². The zero-order valence-corrected chi connectivity index (χ0v) is 15.6. The number of rotatable bonds is 4. The Morgan fingerprint density at radius 2 is 1.92 bits per heavy atom. The minimum Gasteiger partial charge on any atom is -0.312 e. The fraction of sp³-hybridized carbons (Fsp3) is 0.278. The SMILES string of the molecule is CN(C)S(=O)(=O)c1ccc2c(c1)CCN2C(=O)Cc1ccccc1Cl. The third-order valence-electron chi connectivity index (χ3n) is 4.33. The first kappa shape index (κ1) is 17.9. The van der Waals surface area contributed by atoms with Crippen LogP contribution in [0.3, 0.4) is 0 Å². The van der Waals surface area contributed by atoms with Gasteiger partial charge in [0.2, 0.25) is 15.9 Å². The molecule has 0 aromatic heterocycles. The number of nitrogens with zero attached hydrogens (tertiary/aromatic N) is 2. The van der Waals surface area contributed by atoms with E-state index in [4.69, 9.17) is 11.6 Å². The average Bonchev–Trinajstić information content (AvgIpc) is 3.00. The van der Waals surface area contributed by atoms with Crippen LogP contribution in [0, 0.1) is 0 Å². The van der Waals surface area contributed by atoms with Gasteiger partial charge in [-0.05, 0) is 41.8 Å². The second-order valence-electron chi connectivity index (χ2n) is 6.14. The number of hydrogen-bond donors (Lipinski definition) is 0. The highest BCUT2D eigenvalue weighted by Gasteiger charge is 2.27. The summed E-state index contributed by atoms with van der Waals surface area (Å²) in [6.07, 6.45) is 0.858. The normalized spacial score (nSPS) is 14.0. The molecule has 0 atom stereocenters. The Morgan fingerprint density at radius 1 is 1.20 bits per heavy atom. The zero-order valence-electron chi connectivity index (χ0n) is 14.1. The lowest BCUT2D eigenvalue weighted by atomic mass is 10.1. The molecule has 0 saturated carbocycles. The van der Waals surface area contributed by atoms with E-state index in [1.54, 1.807) is 29.2 Å². The maximum atomic E-state index is 12.7. The zero-order chi connectivity index (χ0) is 18.2. The first-order valence-electron chi connectivity index (χ1n) is 7.90. The number of anilines is 1. The molecule has 1 heterocycles. The number of fused-ring (bicyclic) bond motifs is 1.